The third-order valence-electron chi connectivity index (χ3n) is 3.18. The smallest absolute Gasteiger partial charge is 0.239 e. The van der Waals surface area contributed by atoms with Gasteiger partial charge in [-0.2, -0.15) is 0 Å². The predicted molar refractivity (Wildman–Crippen MR) is 93.6 cm³/mol. The summed E-state index contributed by atoms with van der Waals surface area (Å²) >= 11 is 0. The molecule has 1 aromatic carbocycles. The van der Waals surface area contributed by atoms with Gasteiger partial charge in [0.1, 0.15) is 0 Å². The van der Waals surface area contributed by atoms with E-state index >= 15 is 0 Å². The molecule has 0 saturated carbocycles. The number of carbonyl (C=O) groups is 1. The maximum Gasteiger partial charge on any atom is 0.239 e. The molecular weight excluding hydrogens is 292 g/mol. The first-order chi connectivity index (χ1) is 11.3. The van der Waals surface area contributed by atoms with Crippen LogP contribution < -0.4 is 16.0 Å². The molecule has 0 aliphatic rings. The minimum absolute atomic E-state index is 0.0433. The van der Waals surface area contributed by atoms with Gasteiger partial charge in [0.2, 0.25) is 5.91 Å². The van der Waals surface area contributed by atoms with Crippen LogP contribution in [0.2, 0.25) is 0 Å². The lowest BCUT2D eigenvalue weighted by Crippen LogP contribution is -2.43. The number of aliphatic imine (C=N–C) groups is 1. The third-order valence-corrected chi connectivity index (χ3v) is 3.18. The van der Waals surface area contributed by atoms with E-state index in [0.29, 0.717) is 12.5 Å². The minimum Gasteiger partial charge on any atom is -0.382 e. The van der Waals surface area contributed by atoms with Crippen LogP contribution in [-0.4, -0.2) is 51.8 Å². The molecular formula is C17H28N4O2. The van der Waals surface area contributed by atoms with Gasteiger partial charge in [-0.15, -0.1) is 0 Å². The fourth-order valence-corrected chi connectivity index (χ4v) is 1.96. The topological polar surface area (TPSA) is 74.8 Å². The highest BCUT2D eigenvalue weighted by Crippen LogP contribution is 1.97. The van der Waals surface area contributed by atoms with Crippen molar-refractivity contribution < 1.29 is 9.53 Å². The van der Waals surface area contributed by atoms with Gasteiger partial charge in [-0.05, 0) is 25.3 Å². The molecule has 1 aromatic rings. The van der Waals surface area contributed by atoms with E-state index in [2.05, 4.69) is 33.1 Å². The van der Waals surface area contributed by atoms with Crippen LogP contribution in [0.1, 0.15) is 18.9 Å². The third kappa shape index (κ3) is 9.52. The standard InChI is InChI=1S/C17H28N4O2/c1-3-23-13-7-11-20-17(18-2)21-14-16(22)19-12-10-15-8-5-4-6-9-15/h4-6,8-9H,3,7,10-14H2,1-2H3,(H,19,22)(H2,18,20,21). The van der Waals surface area contributed by atoms with Crippen LogP contribution in [0.5, 0.6) is 0 Å². The highest BCUT2D eigenvalue weighted by molar-refractivity contribution is 5.86. The molecule has 0 spiro atoms. The van der Waals surface area contributed by atoms with Crippen molar-refractivity contribution in [2.45, 2.75) is 19.8 Å². The summed E-state index contributed by atoms with van der Waals surface area (Å²) in [7, 11) is 1.69. The normalized spacial score (nSPS) is 11.1. The van der Waals surface area contributed by atoms with Gasteiger partial charge in [0.25, 0.3) is 0 Å². The second kappa shape index (κ2) is 12.5. The van der Waals surface area contributed by atoms with E-state index in [4.69, 9.17) is 4.74 Å². The molecule has 0 aliphatic heterocycles. The Labute approximate surface area is 138 Å². The predicted octanol–water partition coefficient (Wildman–Crippen LogP) is 0.937. The maximum absolute atomic E-state index is 11.8. The molecule has 1 amide bonds. The fraction of sp³-hybridized carbons (Fsp3) is 0.529. The Bertz CT molecular complexity index is 463. The summed E-state index contributed by atoms with van der Waals surface area (Å²) in [6, 6.07) is 10.1. The van der Waals surface area contributed by atoms with Crippen LogP contribution in [0, 0.1) is 0 Å². The summed E-state index contributed by atoms with van der Waals surface area (Å²) in [5, 5.41) is 9.03. The van der Waals surface area contributed by atoms with Crippen molar-refractivity contribution in [3.05, 3.63) is 35.9 Å². The van der Waals surface area contributed by atoms with Crippen LogP contribution in [-0.2, 0) is 16.0 Å². The number of hydrogen-bond acceptors (Lipinski definition) is 3. The second-order valence-corrected chi connectivity index (χ2v) is 4.99. The Morgan fingerprint density at radius 3 is 2.61 bits per heavy atom. The zero-order valence-corrected chi connectivity index (χ0v) is 14.1. The highest BCUT2D eigenvalue weighted by Gasteiger charge is 2.03. The zero-order valence-electron chi connectivity index (χ0n) is 14.1. The van der Waals surface area contributed by atoms with Crippen molar-refractivity contribution in [3.63, 3.8) is 0 Å². The minimum atomic E-state index is -0.0433. The number of amides is 1. The Hall–Kier alpha value is -2.08. The molecule has 23 heavy (non-hydrogen) atoms. The molecule has 128 valence electrons. The Balaban J connectivity index is 2.11. The molecule has 3 N–H and O–H groups in total. The van der Waals surface area contributed by atoms with Crippen LogP contribution in [0.15, 0.2) is 35.3 Å². The maximum atomic E-state index is 11.8. The SMILES string of the molecule is CCOCCCNC(=NC)NCC(=O)NCCc1ccccc1. The lowest BCUT2D eigenvalue weighted by atomic mass is 10.1. The number of guanidine groups is 1. The van der Waals surface area contributed by atoms with Crippen molar-refractivity contribution >= 4 is 11.9 Å². The number of hydrogen-bond donors (Lipinski definition) is 3. The van der Waals surface area contributed by atoms with Gasteiger partial charge in [0, 0.05) is 33.4 Å². The molecule has 0 aliphatic carbocycles. The van der Waals surface area contributed by atoms with Crippen LogP contribution in [0.4, 0.5) is 0 Å². The monoisotopic (exact) mass is 320 g/mol. The van der Waals surface area contributed by atoms with E-state index in [0.717, 1.165) is 32.6 Å². The van der Waals surface area contributed by atoms with Gasteiger partial charge in [-0.3, -0.25) is 9.79 Å². The van der Waals surface area contributed by atoms with Crippen LogP contribution in [0.3, 0.4) is 0 Å². The first kappa shape index (κ1) is 19.0. The van der Waals surface area contributed by atoms with E-state index < -0.39 is 0 Å². The number of carbonyl (C=O) groups excluding carboxylic acids is 1. The van der Waals surface area contributed by atoms with Gasteiger partial charge in [-0.25, -0.2) is 0 Å². The number of ether oxygens (including phenoxy) is 1. The van der Waals surface area contributed by atoms with Gasteiger partial charge in [-0.1, -0.05) is 30.3 Å². The molecule has 6 heteroatoms. The molecule has 0 aromatic heterocycles. The van der Waals surface area contributed by atoms with E-state index in [-0.39, 0.29) is 12.5 Å². The first-order valence-electron chi connectivity index (χ1n) is 8.09. The Kier molecular flexibility index (Phi) is 10.3. The molecule has 0 bridgehead atoms. The molecule has 0 atom stereocenters. The first-order valence-corrected chi connectivity index (χ1v) is 8.09. The average Bonchev–Trinajstić information content (AvgIpc) is 2.58. The summed E-state index contributed by atoms with van der Waals surface area (Å²) in [6.07, 6.45) is 1.73. The summed E-state index contributed by atoms with van der Waals surface area (Å²) in [4.78, 5) is 15.9. The molecule has 1 rings (SSSR count). The van der Waals surface area contributed by atoms with Crippen LogP contribution >= 0.6 is 0 Å². The quantitative estimate of drug-likeness (QED) is 0.341. The van der Waals surface area contributed by atoms with E-state index in [1.807, 2.05) is 25.1 Å². The largest absolute Gasteiger partial charge is 0.382 e. The van der Waals surface area contributed by atoms with Gasteiger partial charge in [0.05, 0.1) is 6.54 Å². The number of nitrogens with one attached hydrogen (secondary N) is 3. The van der Waals surface area contributed by atoms with Crippen molar-refractivity contribution in [2.75, 3.05) is 39.9 Å². The number of nitrogens with zero attached hydrogens (tertiary/aromatic N) is 1. The summed E-state index contributed by atoms with van der Waals surface area (Å²) < 4.78 is 5.26. The summed E-state index contributed by atoms with van der Waals surface area (Å²) in [5.41, 5.74) is 1.22. The summed E-state index contributed by atoms with van der Waals surface area (Å²) in [6.45, 7) is 5.03. The Morgan fingerprint density at radius 2 is 1.91 bits per heavy atom. The molecule has 0 radical (unpaired) electrons. The second-order valence-electron chi connectivity index (χ2n) is 4.99. The lowest BCUT2D eigenvalue weighted by Gasteiger charge is -2.12. The molecule has 0 fully saturated rings. The molecule has 6 nitrogen and oxygen atoms in total. The van der Waals surface area contributed by atoms with Crippen molar-refractivity contribution in [1.29, 1.82) is 0 Å². The van der Waals surface area contributed by atoms with E-state index in [1.54, 1.807) is 7.05 Å². The zero-order chi connectivity index (χ0) is 16.8. The van der Waals surface area contributed by atoms with Crippen molar-refractivity contribution in [3.8, 4) is 0 Å². The Morgan fingerprint density at radius 1 is 1.13 bits per heavy atom. The molecule has 0 saturated heterocycles. The number of benzene rings is 1. The van der Waals surface area contributed by atoms with Crippen molar-refractivity contribution in [1.82, 2.24) is 16.0 Å². The fourth-order valence-electron chi connectivity index (χ4n) is 1.96. The van der Waals surface area contributed by atoms with Gasteiger partial charge < -0.3 is 20.7 Å². The lowest BCUT2D eigenvalue weighted by molar-refractivity contribution is -0.119. The highest BCUT2D eigenvalue weighted by atomic mass is 16.5. The van der Waals surface area contributed by atoms with Gasteiger partial charge >= 0.3 is 0 Å². The van der Waals surface area contributed by atoms with Gasteiger partial charge in [0.15, 0.2) is 5.96 Å². The summed E-state index contributed by atoms with van der Waals surface area (Å²) in [5.74, 6) is 0.581. The van der Waals surface area contributed by atoms with Crippen LogP contribution in [0.25, 0.3) is 0 Å². The molecule has 0 heterocycles. The average molecular weight is 320 g/mol. The van der Waals surface area contributed by atoms with E-state index in [1.165, 1.54) is 5.56 Å². The van der Waals surface area contributed by atoms with E-state index in [9.17, 15) is 4.79 Å². The van der Waals surface area contributed by atoms with Crippen molar-refractivity contribution in [2.24, 2.45) is 4.99 Å². The molecule has 0 unspecified atom stereocenters. The number of rotatable bonds is 10.